The molecule has 5 rings (SSSR count). The first-order valence-electron chi connectivity index (χ1n) is 11.7. The van der Waals surface area contributed by atoms with Gasteiger partial charge in [0.05, 0.1) is 23.3 Å². The van der Waals surface area contributed by atoms with Crippen LogP contribution in [0.4, 0.5) is 5.13 Å². The number of amides is 2. The molecule has 2 fully saturated rings. The summed E-state index contributed by atoms with van der Waals surface area (Å²) in [6.45, 7) is 4.05. The van der Waals surface area contributed by atoms with Gasteiger partial charge in [-0.3, -0.25) is 14.9 Å². The molecule has 0 radical (unpaired) electrons. The summed E-state index contributed by atoms with van der Waals surface area (Å²) in [5.74, 6) is -0.277. The van der Waals surface area contributed by atoms with Crippen molar-refractivity contribution in [2.75, 3.05) is 11.9 Å². The summed E-state index contributed by atoms with van der Waals surface area (Å²) in [5.41, 5.74) is -0.0450. The van der Waals surface area contributed by atoms with Gasteiger partial charge in [0.2, 0.25) is 5.91 Å². The molecular formula is C24H31N3O4S2. The molecule has 2 amide bonds. The number of rotatable bonds is 6. The number of thiazole rings is 1. The van der Waals surface area contributed by atoms with Gasteiger partial charge in [-0.1, -0.05) is 19.9 Å². The molecule has 0 aromatic carbocycles. The molecule has 2 saturated carbocycles. The molecule has 3 aliphatic rings. The van der Waals surface area contributed by atoms with Crippen LogP contribution >= 0.6 is 22.7 Å². The van der Waals surface area contributed by atoms with E-state index in [9.17, 15) is 19.8 Å². The molecule has 5 unspecified atom stereocenters. The maximum atomic E-state index is 12.9. The van der Waals surface area contributed by atoms with Crippen molar-refractivity contribution in [3.05, 3.63) is 33.0 Å². The third-order valence-electron chi connectivity index (χ3n) is 8.19. The Morgan fingerprint density at radius 1 is 1.27 bits per heavy atom. The number of aliphatic hydroxyl groups excluding tert-OH is 2. The standard InChI is InChI=1S/C24H31N3O4S2/c1-23-8-7-18(29)24(2,12-28)17(23)11-16-20(14(23)10-19(30)25-13-5-6-13)26-22(33-16)27-21(31)15-4-3-9-32-15/h3-4,9,13-14,17-18,28-29H,5-8,10-12H2,1-2H3,(H,25,30)(H,26,27,31). The number of aliphatic hydroxyl groups is 2. The highest BCUT2D eigenvalue weighted by molar-refractivity contribution is 7.16. The SMILES string of the molecule is CC1(CO)C(O)CCC2(C)C(CC(=O)NC3CC3)c3nc(NC(=O)c4cccs4)sc3CC12. The first kappa shape index (κ1) is 23.0. The van der Waals surface area contributed by atoms with Gasteiger partial charge in [-0.05, 0) is 54.9 Å². The van der Waals surface area contributed by atoms with Crippen LogP contribution in [0.15, 0.2) is 17.5 Å². The first-order valence-corrected chi connectivity index (χ1v) is 13.4. The predicted octanol–water partition coefficient (Wildman–Crippen LogP) is 3.54. The van der Waals surface area contributed by atoms with E-state index >= 15 is 0 Å². The number of hydrogen-bond acceptors (Lipinski definition) is 7. The van der Waals surface area contributed by atoms with Crippen LogP contribution in [0.25, 0.3) is 0 Å². The van der Waals surface area contributed by atoms with Gasteiger partial charge >= 0.3 is 0 Å². The summed E-state index contributed by atoms with van der Waals surface area (Å²) in [6.07, 6.45) is 3.84. The van der Waals surface area contributed by atoms with Crippen LogP contribution in [0, 0.1) is 16.7 Å². The number of carbonyl (C=O) groups excluding carboxylic acids is 2. The van der Waals surface area contributed by atoms with Crippen LogP contribution in [0.5, 0.6) is 0 Å². The van der Waals surface area contributed by atoms with Crippen molar-refractivity contribution < 1.29 is 19.8 Å². The van der Waals surface area contributed by atoms with Gasteiger partial charge in [0, 0.05) is 28.7 Å². The molecule has 0 saturated heterocycles. The van der Waals surface area contributed by atoms with Crippen LogP contribution in [-0.2, 0) is 11.2 Å². The van der Waals surface area contributed by atoms with Crippen molar-refractivity contribution in [2.24, 2.45) is 16.7 Å². The lowest BCUT2D eigenvalue weighted by molar-refractivity contribution is -0.144. The maximum absolute atomic E-state index is 12.9. The predicted molar refractivity (Wildman–Crippen MR) is 129 cm³/mol. The lowest BCUT2D eigenvalue weighted by Gasteiger charge is -2.58. The highest BCUT2D eigenvalue weighted by atomic mass is 32.1. The molecule has 178 valence electrons. The summed E-state index contributed by atoms with van der Waals surface area (Å²) >= 11 is 2.83. The number of carbonyl (C=O) groups is 2. The third-order valence-corrected chi connectivity index (χ3v) is 10.1. The Kier molecular flexibility index (Phi) is 5.87. The van der Waals surface area contributed by atoms with Crippen molar-refractivity contribution >= 4 is 39.6 Å². The Morgan fingerprint density at radius 2 is 2.06 bits per heavy atom. The molecule has 2 aromatic heterocycles. The fourth-order valence-corrected chi connectivity index (χ4v) is 7.65. The lowest BCUT2D eigenvalue weighted by atomic mass is 9.47. The van der Waals surface area contributed by atoms with Crippen molar-refractivity contribution in [3.63, 3.8) is 0 Å². The zero-order chi connectivity index (χ0) is 23.4. The minimum Gasteiger partial charge on any atom is -0.396 e. The number of hydrogen-bond donors (Lipinski definition) is 4. The van der Waals surface area contributed by atoms with E-state index in [0.29, 0.717) is 29.3 Å². The van der Waals surface area contributed by atoms with Gasteiger partial charge in [-0.15, -0.1) is 22.7 Å². The largest absolute Gasteiger partial charge is 0.396 e. The van der Waals surface area contributed by atoms with Crippen molar-refractivity contribution in [1.82, 2.24) is 10.3 Å². The summed E-state index contributed by atoms with van der Waals surface area (Å²) in [4.78, 5) is 32.0. The number of anilines is 1. The van der Waals surface area contributed by atoms with E-state index in [1.54, 1.807) is 6.07 Å². The number of nitrogens with one attached hydrogen (secondary N) is 2. The average molecular weight is 490 g/mol. The van der Waals surface area contributed by atoms with Gasteiger partial charge in [0.15, 0.2) is 5.13 Å². The van der Waals surface area contributed by atoms with Gasteiger partial charge in [-0.25, -0.2) is 4.98 Å². The molecule has 2 heterocycles. The molecular weight excluding hydrogens is 458 g/mol. The average Bonchev–Trinajstić information content (AvgIpc) is 3.25. The number of fused-ring (bicyclic) bond motifs is 2. The van der Waals surface area contributed by atoms with E-state index < -0.39 is 11.5 Å². The summed E-state index contributed by atoms with van der Waals surface area (Å²) in [6, 6.07) is 3.91. The van der Waals surface area contributed by atoms with E-state index in [0.717, 1.165) is 29.8 Å². The Labute approximate surface area is 201 Å². The second-order valence-electron chi connectivity index (χ2n) is 10.3. The molecule has 5 atom stereocenters. The molecule has 3 aliphatic carbocycles. The quantitative estimate of drug-likeness (QED) is 0.496. The Hall–Kier alpha value is -1.81. The molecule has 9 heteroatoms. The van der Waals surface area contributed by atoms with Gasteiger partial charge < -0.3 is 15.5 Å². The maximum Gasteiger partial charge on any atom is 0.267 e. The molecule has 0 aliphatic heterocycles. The fourth-order valence-electron chi connectivity index (χ4n) is 5.97. The van der Waals surface area contributed by atoms with E-state index in [1.165, 1.54) is 22.7 Å². The topological polar surface area (TPSA) is 112 Å². The van der Waals surface area contributed by atoms with Crippen LogP contribution in [0.1, 0.15) is 72.1 Å². The molecule has 4 N–H and O–H groups in total. The van der Waals surface area contributed by atoms with Crippen molar-refractivity contribution in [1.29, 1.82) is 0 Å². The minimum absolute atomic E-state index is 0.00581. The number of aromatic nitrogens is 1. The van der Waals surface area contributed by atoms with E-state index in [2.05, 4.69) is 17.6 Å². The second-order valence-corrected chi connectivity index (χ2v) is 12.4. The Bertz CT molecular complexity index is 1050. The van der Waals surface area contributed by atoms with Crippen molar-refractivity contribution in [2.45, 2.75) is 70.4 Å². The van der Waals surface area contributed by atoms with Gasteiger partial charge in [0.25, 0.3) is 5.91 Å². The van der Waals surface area contributed by atoms with E-state index in [-0.39, 0.29) is 41.7 Å². The fraction of sp³-hybridized carbons (Fsp3) is 0.625. The lowest BCUT2D eigenvalue weighted by Crippen LogP contribution is -2.57. The smallest absolute Gasteiger partial charge is 0.267 e. The molecule has 2 aromatic rings. The first-order chi connectivity index (χ1) is 15.7. The normalized spacial score (nSPS) is 33.2. The van der Waals surface area contributed by atoms with Crippen molar-refractivity contribution in [3.8, 4) is 0 Å². The van der Waals surface area contributed by atoms with Crippen LogP contribution in [0.2, 0.25) is 0 Å². The molecule has 33 heavy (non-hydrogen) atoms. The van der Waals surface area contributed by atoms with Crippen LogP contribution < -0.4 is 10.6 Å². The Morgan fingerprint density at radius 3 is 2.73 bits per heavy atom. The van der Waals surface area contributed by atoms with E-state index in [4.69, 9.17) is 4.98 Å². The third kappa shape index (κ3) is 4.03. The highest BCUT2D eigenvalue weighted by Gasteiger charge is 2.59. The monoisotopic (exact) mass is 489 g/mol. The number of thiophene rings is 1. The second kappa shape index (κ2) is 8.45. The summed E-state index contributed by atoms with van der Waals surface area (Å²) in [7, 11) is 0. The highest BCUT2D eigenvalue weighted by Crippen LogP contribution is 2.62. The van der Waals surface area contributed by atoms with Gasteiger partial charge in [-0.2, -0.15) is 0 Å². The summed E-state index contributed by atoms with van der Waals surface area (Å²) in [5, 5.41) is 29.6. The van der Waals surface area contributed by atoms with Gasteiger partial charge in [0.1, 0.15) is 0 Å². The molecule has 0 bridgehead atoms. The molecule has 7 nitrogen and oxygen atoms in total. The zero-order valence-electron chi connectivity index (χ0n) is 19.0. The Balaban J connectivity index is 1.50. The van der Waals surface area contributed by atoms with Crippen LogP contribution in [-0.4, -0.2) is 45.8 Å². The molecule has 0 spiro atoms. The van der Waals surface area contributed by atoms with E-state index in [1.807, 2.05) is 18.4 Å². The minimum atomic E-state index is -0.653. The zero-order valence-corrected chi connectivity index (χ0v) is 20.6. The number of nitrogens with zero attached hydrogens (tertiary/aromatic N) is 1. The van der Waals surface area contributed by atoms with Crippen LogP contribution in [0.3, 0.4) is 0 Å². The summed E-state index contributed by atoms with van der Waals surface area (Å²) < 4.78 is 0.